The number of rotatable bonds is 7. The first-order chi connectivity index (χ1) is 11.3. The van der Waals surface area contributed by atoms with Crippen LogP contribution >= 0.6 is 23.5 Å². The van der Waals surface area contributed by atoms with Crippen molar-refractivity contribution in [3.05, 3.63) is 11.3 Å². The smallest absolute Gasteiger partial charge is 0.352 e. The molecule has 8 nitrogen and oxygen atoms in total. The average molecular weight is 384 g/mol. The summed E-state index contributed by atoms with van der Waals surface area (Å²) < 4.78 is 29.4. The lowest BCUT2D eigenvalue weighted by molar-refractivity contribution is -0.192. The fourth-order valence-corrected chi connectivity index (χ4v) is 4.22. The highest BCUT2D eigenvalue weighted by molar-refractivity contribution is 8.00. The minimum absolute atomic E-state index is 0.0960. The maximum absolute atomic E-state index is 12.4. The van der Waals surface area contributed by atoms with Gasteiger partial charge in [-0.05, 0) is 5.57 Å². The van der Waals surface area contributed by atoms with E-state index >= 15 is 0 Å². The SMILES string of the molecule is CO[C@@]1(NC(=O)CSC(F)F)C(=O)N2C(C(=O)O)=C(CO)CS[C@@H]21. The molecule has 1 fully saturated rings. The highest BCUT2D eigenvalue weighted by atomic mass is 32.2. The zero-order chi connectivity index (χ0) is 18.1. The summed E-state index contributed by atoms with van der Waals surface area (Å²) in [4.78, 5) is 36.5. The Morgan fingerprint density at radius 3 is 2.75 bits per heavy atom. The first-order valence-electron chi connectivity index (χ1n) is 6.55. The predicted molar refractivity (Wildman–Crippen MR) is 81.2 cm³/mol. The van der Waals surface area contributed by atoms with Crippen molar-refractivity contribution in [3.63, 3.8) is 0 Å². The van der Waals surface area contributed by atoms with Crippen LogP contribution in [0.3, 0.4) is 0 Å². The second-order valence-electron chi connectivity index (χ2n) is 4.81. The summed E-state index contributed by atoms with van der Waals surface area (Å²) in [5.41, 5.74) is -2.00. The van der Waals surface area contributed by atoms with Crippen LogP contribution in [0.2, 0.25) is 0 Å². The van der Waals surface area contributed by atoms with Gasteiger partial charge < -0.3 is 20.3 Å². The Hall–Kier alpha value is -1.37. The number of amides is 2. The number of nitrogens with zero attached hydrogens (tertiary/aromatic N) is 1. The molecular weight excluding hydrogens is 370 g/mol. The van der Waals surface area contributed by atoms with E-state index in [0.717, 1.165) is 23.8 Å². The Balaban J connectivity index is 2.21. The van der Waals surface area contributed by atoms with Gasteiger partial charge in [0.1, 0.15) is 11.1 Å². The molecule has 24 heavy (non-hydrogen) atoms. The third kappa shape index (κ3) is 3.10. The summed E-state index contributed by atoms with van der Waals surface area (Å²) in [6, 6.07) is 0. The number of aliphatic carboxylic acids is 1. The van der Waals surface area contributed by atoms with Gasteiger partial charge in [0.2, 0.25) is 5.91 Å². The fraction of sp³-hybridized carbons (Fsp3) is 0.583. The third-order valence-electron chi connectivity index (χ3n) is 3.49. The van der Waals surface area contributed by atoms with E-state index < -0.39 is 47.0 Å². The summed E-state index contributed by atoms with van der Waals surface area (Å²) in [5, 5.41) is 19.9. The molecule has 2 atom stereocenters. The maximum atomic E-state index is 12.4. The summed E-state index contributed by atoms with van der Waals surface area (Å²) in [5.74, 6) is -6.23. The van der Waals surface area contributed by atoms with Crippen LogP contribution in [0.15, 0.2) is 11.3 Å². The number of hydrogen-bond acceptors (Lipinski definition) is 7. The van der Waals surface area contributed by atoms with E-state index in [0.29, 0.717) is 0 Å². The van der Waals surface area contributed by atoms with Crippen LogP contribution in [-0.2, 0) is 19.1 Å². The molecule has 2 amide bonds. The lowest BCUT2D eigenvalue weighted by Crippen LogP contribution is -2.80. The molecule has 2 aliphatic rings. The Kier molecular flexibility index (Phi) is 5.73. The number of thioether (sulfide) groups is 2. The van der Waals surface area contributed by atoms with E-state index in [9.17, 15) is 33.4 Å². The molecule has 1 saturated heterocycles. The van der Waals surface area contributed by atoms with Crippen molar-refractivity contribution < 1.29 is 38.1 Å². The topological polar surface area (TPSA) is 116 Å². The molecule has 0 spiro atoms. The van der Waals surface area contributed by atoms with E-state index in [1.54, 1.807) is 0 Å². The fourth-order valence-electron chi connectivity index (χ4n) is 2.45. The van der Waals surface area contributed by atoms with Crippen LogP contribution in [0.25, 0.3) is 0 Å². The first-order valence-corrected chi connectivity index (χ1v) is 8.65. The lowest BCUT2D eigenvalue weighted by Gasteiger charge is -2.55. The van der Waals surface area contributed by atoms with Gasteiger partial charge >= 0.3 is 5.97 Å². The van der Waals surface area contributed by atoms with Crippen molar-refractivity contribution in [3.8, 4) is 0 Å². The molecule has 0 aromatic heterocycles. The van der Waals surface area contributed by atoms with Gasteiger partial charge in [-0.3, -0.25) is 14.5 Å². The molecule has 0 saturated carbocycles. The number of hydrogen-bond donors (Lipinski definition) is 3. The maximum Gasteiger partial charge on any atom is 0.352 e. The molecule has 0 radical (unpaired) electrons. The quantitative estimate of drug-likeness (QED) is 0.403. The van der Waals surface area contributed by atoms with Gasteiger partial charge in [-0.25, -0.2) is 4.79 Å². The normalized spacial score (nSPS) is 26.3. The molecule has 3 N–H and O–H groups in total. The van der Waals surface area contributed by atoms with Crippen molar-refractivity contribution in [1.29, 1.82) is 0 Å². The standard InChI is InChI=1S/C12H14F2N2O6S2/c1-22-12(15-6(18)4-24-11(13)14)9(21)16-7(8(19)20)5(2-17)3-23-10(12)16/h10-11,17H,2-4H2,1H3,(H,15,18)(H,19,20)/t10-,12+/m1/s1. The van der Waals surface area contributed by atoms with Gasteiger partial charge in [0, 0.05) is 12.9 Å². The van der Waals surface area contributed by atoms with E-state index in [1.807, 2.05) is 0 Å². The number of carboxylic acids is 1. The van der Waals surface area contributed by atoms with E-state index in [2.05, 4.69) is 5.32 Å². The molecule has 0 aliphatic carbocycles. The number of aliphatic hydroxyl groups is 1. The summed E-state index contributed by atoms with van der Waals surface area (Å²) in [7, 11) is 1.15. The summed E-state index contributed by atoms with van der Waals surface area (Å²) >= 11 is 1.19. The molecular formula is C12H14F2N2O6S2. The molecule has 12 heteroatoms. The molecule has 0 bridgehead atoms. The molecule has 134 valence electrons. The van der Waals surface area contributed by atoms with E-state index in [4.69, 9.17) is 4.74 Å². The van der Waals surface area contributed by atoms with Crippen LogP contribution in [0.1, 0.15) is 0 Å². The number of β-lactam (4-membered cyclic amide) rings is 1. The van der Waals surface area contributed by atoms with Gasteiger partial charge in [-0.2, -0.15) is 8.78 Å². The van der Waals surface area contributed by atoms with Gasteiger partial charge in [-0.15, -0.1) is 11.8 Å². The zero-order valence-electron chi connectivity index (χ0n) is 12.3. The highest BCUT2D eigenvalue weighted by Gasteiger charge is 2.66. The summed E-state index contributed by atoms with van der Waals surface area (Å²) in [6.45, 7) is -0.525. The molecule has 2 heterocycles. The van der Waals surface area contributed by atoms with Crippen LogP contribution in [0, 0.1) is 0 Å². The van der Waals surface area contributed by atoms with Gasteiger partial charge in [-0.1, -0.05) is 11.8 Å². The lowest BCUT2D eigenvalue weighted by atomic mass is 9.98. The van der Waals surface area contributed by atoms with Crippen molar-refractivity contribution >= 4 is 41.3 Å². The van der Waals surface area contributed by atoms with Crippen LogP contribution in [0.4, 0.5) is 8.78 Å². The molecule has 2 rings (SSSR count). The van der Waals surface area contributed by atoms with Gasteiger partial charge in [0.15, 0.2) is 0 Å². The van der Waals surface area contributed by atoms with Gasteiger partial charge in [0.05, 0.1) is 12.4 Å². The Bertz CT molecular complexity index is 602. The number of nitrogens with one attached hydrogen (secondary N) is 1. The zero-order valence-corrected chi connectivity index (χ0v) is 14.0. The first kappa shape index (κ1) is 19.0. The Morgan fingerprint density at radius 1 is 1.58 bits per heavy atom. The molecule has 0 aromatic carbocycles. The van der Waals surface area contributed by atoms with Crippen molar-refractivity contribution in [2.45, 2.75) is 16.9 Å². The second kappa shape index (κ2) is 7.25. The van der Waals surface area contributed by atoms with Crippen LogP contribution < -0.4 is 5.32 Å². The Labute approximate surface area is 143 Å². The van der Waals surface area contributed by atoms with Crippen LogP contribution in [0.5, 0.6) is 0 Å². The minimum Gasteiger partial charge on any atom is -0.477 e. The number of carbonyl (C=O) groups is 3. The number of methoxy groups -OCH3 is 1. The number of fused-ring (bicyclic) bond motifs is 1. The van der Waals surface area contributed by atoms with Crippen LogP contribution in [-0.4, -0.2) is 75.0 Å². The molecule has 0 aromatic rings. The highest BCUT2D eigenvalue weighted by Crippen LogP contribution is 2.46. The second-order valence-corrected chi connectivity index (χ2v) is 6.86. The predicted octanol–water partition coefficient (Wildman–Crippen LogP) is -0.353. The van der Waals surface area contributed by atoms with E-state index in [1.165, 1.54) is 0 Å². The monoisotopic (exact) mass is 384 g/mol. The number of halogens is 2. The molecule has 0 unspecified atom stereocenters. The van der Waals surface area contributed by atoms with Gasteiger partial charge in [0.25, 0.3) is 17.4 Å². The van der Waals surface area contributed by atoms with Crippen molar-refractivity contribution in [2.75, 3.05) is 25.2 Å². The average Bonchev–Trinajstić information content (AvgIpc) is 2.55. The Morgan fingerprint density at radius 2 is 2.25 bits per heavy atom. The summed E-state index contributed by atoms with van der Waals surface area (Å²) in [6.07, 6.45) is 0. The molecule has 2 aliphatic heterocycles. The number of carboxylic acid groups (broad SMARTS) is 1. The third-order valence-corrected chi connectivity index (χ3v) is 5.55. The number of alkyl halides is 2. The van der Waals surface area contributed by atoms with E-state index in [-0.39, 0.29) is 28.8 Å². The largest absolute Gasteiger partial charge is 0.477 e. The number of aliphatic hydroxyl groups excluding tert-OH is 1. The number of carbonyl (C=O) groups excluding carboxylic acids is 2. The minimum atomic E-state index is -2.74. The van der Waals surface area contributed by atoms with Crippen molar-refractivity contribution in [2.24, 2.45) is 0 Å². The van der Waals surface area contributed by atoms with Crippen molar-refractivity contribution in [1.82, 2.24) is 10.2 Å². The number of ether oxygens (including phenoxy) is 1.